The van der Waals surface area contributed by atoms with Crippen LogP contribution in [0.3, 0.4) is 0 Å². The van der Waals surface area contributed by atoms with Crippen molar-refractivity contribution < 1.29 is 13.2 Å². The number of fused-ring (bicyclic) bond motifs is 1. The minimum Gasteiger partial charge on any atom is -0.352 e. The van der Waals surface area contributed by atoms with Crippen LogP contribution in [0.1, 0.15) is 25.7 Å². The molecule has 0 unspecified atom stereocenters. The van der Waals surface area contributed by atoms with Crippen LogP contribution in [0.2, 0.25) is 0 Å². The molecule has 2 aromatic heterocycles. The smallest absolute Gasteiger partial charge is 0.243 e. The minimum absolute atomic E-state index is 0.0633. The molecule has 1 saturated heterocycles. The fraction of sp³-hybridized carbons (Fsp3) is 0.400. The number of nitrogens with zero attached hydrogens (tertiary/aromatic N) is 7. The van der Waals surface area contributed by atoms with Gasteiger partial charge in [-0.1, -0.05) is 48.4 Å². The Hall–Kier alpha value is -3.42. The number of hydrogen-bond donors (Lipinski definition) is 1. The Labute approximate surface area is 224 Å². The van der Waals surface area contributed by atoms with Crippen molar-refractivity contribution >= 4 is 42.6 Å². The van der Waals surface area contributed by atoms with Crippen LogP contribution >= 0.6 is 11.3 Å². The predicted octanol–water partition coefficient (Wildman–Crippen LogP) is 2.52. The fourth-order valence-corrected chi connectivity index (χ4v) is 7.65. The molecule has 11 nitrogen and oxygen atoms in total. The molecule has 198 valence electrons. The van der Waals surface area contributed by atoms with E-state index in [4.69, 9.17) is 4.98 Å². The summed E-state index contributed by atoms with van der Waals surface area (Å²) in [6, 6.07) is 14.9. The van der Waals surface area contributed by atoms with E-state index in [1.54, 1.807) is 35.6 Å². The van der Waals surface area contributed by atoms with Gasteiger partial charge >= 0.3 is 0 Å². The number of benzene rings is 2. The zero-order valence-electron chi connectivity index (χ0n) is 20.7. The largest absolute Gasteiger partial charge is 0.352 e. The van der Waals surface area contributed by atoms with Gasteiger partial charge in [-0.05, 0) is 42.3 Å². The Morgan fingerprint density at radius 1 is 1.00 bits per heavy atom. The lowest BCUT2D eigenvalue weighted by Gasteiger charge is -2.34. The van der Waals surface area contributed by atoms with E-state index in [0.717, 1.165) is 41.0 Å². The van der Waals surface area contributed by atoms with E-state index in [0.29, 0.717) is 31.7 Å². The SMILES string of the molecule is O=C(Cn1nnc(-c2ccccc2S(=O)(=O)N2CCN(c3nc4ccccc4s3)CC2)n1)NC1CCCC1. The van der Waals surface area contributed by atoms with Gasteiger partial charge in [0, 0.05) is 37.8 Å². The molecular formula is C25H28N8O3S2. The maximum Gasteiger partial charge on any atom is 0.243 e. The van der Waals surface area contributed by atoms with Crippen molar-refractivity contribution in [2.75, 3.05) is 31.1 Å². The van der Waals surface area contributed by atoms with Crippen LogP contribution in [-0.2, 0) is 21.4 Å². The van der Waals surface area contributed by atoms with E-state index in [1.807, 2.05) is 24.3 Å². The topological polar surface area (TPSA) is 126 Å². The number of hydrogen-bond acceptors (Lipinski definition) is 9. The second kappa shape index (κ2) is 10.4. The monoisotopic (exact) mass is 552 g/mol. The van der Waals surface area contributed by atoms with E-state index in [9.17, 15) is 13.2 Å². The third kappa shape index (κ3) is 5.00. The van der Waals surface area contributed by atoms with E-state index in [1.165, 1.54) is 9.10 Å². The number of sulfonamides is 1. The molecule has 1 aliphatic heterocycles. The van der Waals surface area contributed by atoms with Crippen LogP contribution in [0.15, 0.2) is 53.4 Å². The molecule has 2 aliphatic rings. The van der Waals surface area contributed by atoms with E-state index >= 15 is 0 Å². The van der Waals surface area contributed by atoms with Gasteiger partial charge < -0.3 is 10.2 Å². The Bertz CT molecular complexity index is 1520. The quantitative estimate of drug-likeness (QED) is 0.371. The molecule has 4 aromatic rings. The Morgan fingerprint density at radius 2 is 1.74 bits per heavy atom. The van der Waals surface area contributed by atoms with Gasteiger partial charge in [-0.25, -0.2) is 13.4 Å². The summed E-state index contributed by atoms with van der Waals surface area (Å²) >= 11 is 1.62. The average molecular weight is 553 g/mol. The molecule has 3 heterocycles. The van der Waals surface area contributed by atoms with Crippen molar-refractivity contribution in [2.24, 2.45) is 0 Å². The highest BCUT2D eigenvalue weighted by Gasteiger charge is 2.32. The van der Waals surface area contributed by atoms with Gasteiger partial charge in [-0.15, -0.1) is 10.2 Å². The molecule has 13 heteroatoms. The first-order chi connectivity index (χ1) is 18.5. The molecular weight excluding hydrogens is 524 g/mol. The number of aromatic nitrogens is 5. The third-order valence-electron chi connectivity index (χ3n) is 7.00. The lowest BCUT2D eigenvalue weighted by atomic mass is 10.2. The minimum atomic E-state index is -3.81. The van der Waals surface area contributed by atoms with Crippen molar-refractivity contribution in [1.29, 1.82) is 0 Å². The van der Waals surface area contributed by atoms with Crippen LogP contribution in [-0.4, -0.2) is 76.0 Å². The fourth-order valence-electron chi connectivity index (χ4n) is 5.02. The molecule has 0 atom stereocenters. The normalized spacial score (nSPS) is 17.3. The summed E-state index contributed by atoms with van der Waals surface area (Å²) in [5.74, 6) is -0.00120. The number of amides is 1. The van der Waals surface area contributed by atoms with Gasteiger partial charge in [-0.2, -0.15) is 9.10 Å². The number of tetrazole rings is 1. The Balaban J connectivity index is 1.16. The molecule has 0 bridgehead atoms. The van der Waals surface area contributed by atoms with Crippen LogP contribution in [0, 0.1) is 0 Å². The van der Waals surface area contributed by atoms with Crippen molar-refractivity contribution in [3.8, 4) is 11.4 Å². The zero-order chi connectivity index (χ0) is 26.1. The lowest BCUT2D eigenvalue weighted by molar-refractivity contribution is -0.122. The first-order valence-corrected chi connectivity index (χ1v) is 15.0. The highest BCUT2D eigenvalue weighted by molar-refractivity contribution is 7.89. The highest BCUT2D eigenvalue weighted by Crippen LogP contribution is 2.31. The molecule has 1 aliphatic carbocycles. The molecule has 1 saturated carbocycles. The molecule has 1 amide bonds. The first-order valence-electron chi connectivity index (χ1n) is 12.7. The molecule has 2 fully saturated rings. The first kappa shape index (κ1) is 24.9. The number of carbonyl (C=O) groups is 1. The summed E-state index contributed by atoms with van der Waals surface area (Å²) in [6.45, 7) is 1.71. The lowest BCUT2D eigenvalue weighted by Crippen LogP contribution is -2.48. The number of thiazole rings is 1. The molecule has 2 aromatic carbocycles. The second-order valence-corrected chi connectivity index (χ2v) is 12.5. The van der Waals surface area contributed by atoms with Gasteiger partial charge in [-0.3, -0.25) is 4.79 Å². The number of para-hydroxylation sites is 1. The summed E-state index contributed by atoms with van der Waals surface area (Å²) < 4.78 is 30.0. The van der Waals surface area contributed by atoms with Crippen molar-refractivity contribution in [2.45, 2.75) is 43.2 Å². The van der Waals surface area contributed by atoms with Crippen molar-refractivity contribution in [3.63, 3.8) is 0 Å². The van der Waals surface area contributed by atoms with Gasteiger partial charge in [0.2, 0.25) is 21.8 Å². The molecule has 0 radical (unpaired) electrons. The van der Waals surface area contributed by atoms with Crippen LogP contribution in [0.25, 0.3) is 21.6 Å². The van der Waals surface area contributed by atoms with E-state index in [-0.39, 0.29) is 29.2 Å². The van der Waals surface area contributed by atoms with Gasteiger partial charge in [0.15, 0.2) is 5.13 Å². The van der Waals surface area contributed by atoms with Gasteiger partial charge in [0.25, 0.3) is 0 Å². The van der Waals surface area contributed by atoms with Crippen LogP contribution < -0.4 is 10.2 Å². The highest BCUT2D eigenvalue weighted by atomic mass is 32.2. The van der Waals surface area contributed by atoms with Gasteiger partial charge in [0.05, 0.1) is 15.1 Å². The number of nitrogens with one attached hydrogen (secondary N) is 1. The maximum absolute atomic E-state index is 13.7. The molecule has 38 heavy (non-hydrogen) atoms. The van der Waals surface area contributed by atoms with E-state index < -0.39 is 10.0 Å². The van der Waals surface area contributed by atoms with Crippen molar-refractivity contribution in [1.82, 2.24) is 34.8 Å². The molecule has 6 rings (SSSR count). The van der Waals surface area contributed by atoms with Crippen LogP contribution in [0.4, 0.5) is 5.13 Å². The molecule has 1 N–H and O–H groups in total. The average Bonchev–Trinajstić information content (AvgIpc) is 3.70. The number of piperazine rings is 1. The summed E-state index contributed by atoms with van der Waals surface area (Å²) in [5, 5.41) is 16.3. The Kier molecular flexibility index (Phi) is 6.80. The van der Waals surface area contributed by atoms with E-state index in [2.05, 4.69) is 25.6 Å². The summed E-state index contributed by atoms with van der Waals surface area (Å²) in [5.41, 5.74) is 1.32. The second-order valence-electron chi connectivity index (χ2n) is 9.54. The summed E-state index contributed by atoms with van der Waals surface area (Å²) in [7, 11) is -3.81. The predicted molar refractivity (Wildman–Crippen MR) is 144 cm³/mol. The van der Waals surface area contributed by atoms with Crippen LogP contribution in [0.5, 0.6) is 0 Å². The number of rotatable bonds is 7. The summed E-state index contributed by atoms with van der Waals surface area (Å²) in [4.78, 5) is 20.6. The number of carbonyl (C=O) groups excluding carboxylic acids is 1. The maximum atomic E-state index is 13.7. The zero-order valence-corrected chi connectivity index (χ0v) is 22.4. The molecule has 0 spiro atoms. The summed E-state index contributed by atoms with van der Waals surface area (Å²) in [6.07, 6.45) is 4.22. The third-order valence-corrected chi connectivity index (χ3v) is 10.0. The van der Waals surface area contributed by atoms with Gasteiger partial charge in [0.1, 0.15) is 6.54 Å². The Morgan fingerprint density at radius 3 is 2.53 bits per heavy atom. The van der Waals surface area contributed by atoms with Crippen molar-refractivity contribution in [3.05, 3.63) is 48.5 Å². The number of anilines is 1. The standard InChI is InChI=1S/C25H28N8O3S2/c34-23(26-18-7-1-2-8-18)17-33-29-24(28-30-33)19-9-3-6-12-22(19)38(35,36)32-15-13-31(14-16-32)25-27-20-10-4-5-11-21(20)37-25/h3-6,9-12,18H,1-2,7-8,13-17H2,(H,26,34).